The molecule has 1 fully saturated rings. The summed E-state index contributed by atoms with van der Waals surface area (Å²) >= 11 is 6.11. The summed E-state index contributed by atoms with van der Waals surface area (Å²) in [7, 11) is 0. The van der Waals surface area contributed by atoms with Crippen LogP contribution in [-0.2, 0) is 4.79 Å². The van der Waals surface area contributed by atoms with E-state index in [2.05, 4.69) is 10.6 Å². The van der Waals surface area contributed by atoms with Crippen molar-refractivity contribution >= 4 is 34.9 Å². The molecule has 0 radical (unpaired) electrons. The van der Waals surface area contributed by atoms with Crippen molar-refractivity contribution in [3.63, 3.8) is 0 Å². The van der Waals surface area contributed by atoms with Gasteiger partial charge >= 0.3 is 6.03 Å². The predicted molar refractivity (Wildman–Crippen MR) is 91.0 cm³/mol. The van der Waals surface area contributed by atoms with Crippen LogP contribution in [0, 0.1) is 0 Å². The fraction of sp³-hybridized carbons (Fsp3) is 0.500. The smallest absolute Gasteiger partial charge is 0.319 e. The van der Waals surface area contributed by atoms with E-state index in [1.807, 2.05) is 0 Å². The van der Waals surface area contributed by atoms with Gasteiger partial charge in [-0.05, 0) is 45.4 Å². The van der Waals surface area contributed by atoms with Crippen LogP contribution < -0.4 is 15.5 Å². The van der Waals surface area contributed by atoms with Crippen molar-refractivity contribution in [2.45, 2.75) is 45.3 Å². The summed E-state index contributed by atoms with van der Waals surface area (Å²) < 4.78 is 0. The van der Waals surface area contributed by atoms with Gasteiger partial charge in [-0.3, -0.25) is 4.79 Å². The van der Waals surface area contributed by atoms with Gasteiger partial charge in [-0.2, -0.15) is 0 Å². The number of amides is 3. The van der Waals surface area contributed by atoms with E-state index in [1.54, 1.807) is 43.9 Å². The zero-order valence-electron chi connectivity index (χ0n) is 13.5. The molecule has 1 aromatic rings. The molecule has 1 aliphatic rings. The average molecular weight is 340 g/mol. The van der Waals surface area contributed by atoms with E-state index in [0.29, 0.717) is 29.4 Å². The van der Waals surface area contributed by atoms with E-state index in [0.717, 1.165) is 6.42 Å². The van der Waals surface area contributed by atoms with Crippen LogP contribution >= 0.6 is 11.6 Å². The summed E-state index contributed by atoms with van der Waals surface area (Å²) in [5, 5.41) is 15.6. The second-order valence-corrected chi connectivity index (χ2v) is 6.69. The minimum atomic E-state index is -1.04. The molecule has 23 heavy (non-hydrogen) atoms. The molecule has 1 heterocycles. The molecule has 0 saturated carbocycles. The Morgan fingerprint density at radius 3 is 2.70 bits per heavy atom. The molecule has 126 valence electrons. The highest BCUT2D eigenvalue weighted by Crippen LogP contribution is 2.29. The first-order chi connectivity index (χ1) is 10.7. The second-order valence-electron chi connectivity index (χ2n) is 6.29. The highest BCUT2D eigenvalue weighted by molar-refractivity contribution is 6.33. The number of nitrogens with one attached hydrogen (secondary N) is 2. The number of aliphatic hydroxyl groups is 1. The Bertz CT molecular complexity index is 613. The zero-order valence-corrected chi connectivity index (χ0v) is 14.3. The molecule has 6 nitrogen and oxygen atoms in total. The standard InChI is InChI=1S/C16H22ClN3O3/c1-10(16(2,3)23)18-15(22)19-13-9-11(6-7-12(13)17)20-8-4-5-14(20)21/h6-7,9-10,23H,4-5,8H2,1-3H3,(H2,18,19,22)/t10-/m1/s1. The Balaban J connectivity index is 2.10. The summed E-state index contributed by atoms with van der Waals surface area (Å²) in [5.41, 5.74) is 0.0948. The molecule has 1 aromatic carbocycles. The molecular formula is C16H22ClN3O3. The first-order valence-corrected chi connectivity index (χ1v) is 7.96. The number of hydrogen-bond acceptors (Lipinski definition) is 3. The normalized spacial score (nSPS) is 16.4. The van der Waals surface area contributed by atoms with Crippen LogP contribution in [0.5, 0.6) is 0 Å². The van der Waals surface area contributed by atoms with Crippen LogP contribution in [0.1, 0.15) is 33.6 Å². The molecule has 0 bridgehead atoms. The summed E-state index contributed by atoms with van der Waals surface area (Å²) in [5.74, 6) is 0.0679. The molecule has 7 heteroatoms. The van der Waals surface area contributed by atoms with Crippen LogP contribution in [0.4, 0.5) is 16.2 Å². The van der Waals surface area contributed by atoms with Crippen molar-refractivity contribution < 1.29 is 14.7 Å². The average Bonchev–Trinajstić information content (AvgIpc) is 2.86. The lowest BCUT2D eigenvalue weighted by Crippen LogP contribution is -2.48. The summed E-state index contributed by atoms with van der Waals surface area (Å²) in [6, 6.07) is 4.18. The minimum Gasteiger partial charge on any atom is -0.388 e. The molecule has 3 N–H and O–H groups in total. The summed E-state index contributed by atoms with van der Waals surface area (Å²) in [4.78, 5) is 25.5. The highest BCUT2D eigenvalue weighted by Gasteiger charge is 2.25. The molecule has 1 aliphatic heterocycles. The predicted octanol–water partition coefficient (Wildman–Crippen LogP) is 2.75. The maximum atomic E-state index is 12.0. The van der Waals surface area contributed by atoms with Crippen LogP contribution in [0.15, 0.2) is 18.2 Å². The number of anilines is 2. The first-order valence-electron chi connectivity index (χ1n) is 7.58. The van der Waals surface area contributed by atoms with Crippen molar-refractivity contribution in [1.29, 1.82) is 0 Å². The molecule has 0 spiro atoms. The number of halogens is 1. The lowest BCUT2D eigenvalue weighted by atomic mass is 10.0. The number of nitrogens with zero attached hydrogens (tertiary/aromatic N) is 1. The van der Waals surface area contributed by atoms with E-state index in [1.165, 1.54) is 0 Å². The zero-order chi connectivity index (χ0) is 17.2. The van der Waals surface area contributed by atoms with Gasteiger partial charge in [0.1, 0.15) is 0 Å². The second kappa shape index (κ2) is 6.76. The van der Waals surface area contributed by atoms with Gasteiger partial charge in [0.15, 0.2) is 0 Å². The minimum absolute atomic E-state index is 0.0679. The quantitative estimate of drug-likeness (QED) is 0.789. The fourth-order valence-corrected chi connectivity index (χ4v) is 2.39. The lowest BCUT2D eigenvalue weighted by molar-refractivity contribution is -0.117. The SMILES string of the molecule is C[C@@H](NC(=O)Nc1cc(N2CCCC2=O)ccc1Cl)C(C)(C)O. The molecule has 0 unspecified atom stereocenters. The van der Waals surface area contributed by atoms with Gasteiger partial charge in [0.2, 0.25) is 5.91 Å². The maximum absolute atomic E-state index is 12.0. The number of hydrogen-bond donors (Lipinski definition) is 3. The van der Waals surface area contributed by atoms with Gasteiger partial charge in [0.05, 0.1) is 22.4 Å². The molecule has 2 rings (SSSR count). The monoisotopic (exact) mass is 339 g/mol. The van der Waals surface area contributed by atoms with Gasteiger partial charge in [0, 0.05) is 18.7 Å². The molecule has 1 saturated heterocycles. The van der Waals surface area contributed by atoms with Gasteiger partial charge < -0.3 is 20.6 Å². The van der Waals surface area contributed by atoms with Gasteiger partial charge in [-0.1, -0.05) is 11.6 Å². The van der Waals surface area contributed by atoms with Crippen molar-refractivity contribution in [3.8, 4) is 0 Å². The fourth-order valence-electron chi connectivity index (χ4n) is 2.23. The maximum Gasteiger partial charge on any atom is 0.319 e. The summed E-state index contributed by atoms with van der Waals surface area (Å²) in [6.07, 6.45) is 1.36. The Morgan fingerprint density at radius 2 is 2.13 bits per heavy atom. The number of carbonyl (C=O) groups is 2. The van der Waals surface area contributed by atoms with E-state index < -0.39 is 17.7 Å². The van der Waals surface area contributed by atoms with Crippen LogP contribution in [0.25, 0.3) is 0 Å². The van der Waals surface area contributed by atoms with E-state index in [4.69, 9.17) is 11.6 Å². The Hall–Kier alpha value is -1.79. The Labute approximate surface area is 140 Å². The third-order valence-electron chi connectivity index (χ3n) is 3.99. The van der Waals surface area contributed by atoms with E-state index >= 15 is 0 Å². The van der Waals surface area contributed by atoms with Crippen molar-refractivity contribution in [1.82, 2.24) is 5.32 Å². The molecule has 1 atom stereocenters. The number of carbonyl (C=O) groups excluding carboxylic acids is 2. The largest absolute Gasteiger partial charge is 0.388 e. The number of rotatable bonds is 4. The van der Waals surface area contributed by atoms with Crippen LogP contribution in [0.3, 0.4) is 0 Å². The van der Waals surface area contributed by atoms with Crippen LogP contribution in [-0.4, -0.2) is 35.2 Å². The Morgan fingerprint density at radius 1 is 1.43 bits per heavy atom. The van der Waals surface area contributed by atoms with Crippen molar-refractivity contribution in [2.75, 3.05) is 16.8 Å². The van der Waals surface area contributed by atoms with E-state index in [9.17, 15) is 14.7 Å². The molecular weight excluding hydrogens is 318 g/mol. The van der Waals surface area contributed by atoms with Gasteiger partial charge in [-0.25, -0.2) is 4.79 Å². The topological polar surface area (TPSA) is 81.7 Å². The summed E-state index contributed by atoms with van der Waals surface area (Å²) in [6.45, 7) is 5.61. The lowest BCUT2D eigenvalue weighted by Gasteiger charge is -2.27. The van der Waals surface area contributed by atoms with Crippen LogP contribution in [0.2, 0.25) is 5.02 Å². The number of urea groups is 1. The van der Waals surface area contributed by atoms with Gasteiger partial charge in [0.25, 0.3) is 0 Å². The van der Waals surface area contributed by atoms with Gasteiger partial charge in [-0.15, -0.1) is 0 Å². The number of benzene rings is 1. The highest BCUT2D eigenvalue weighted by atomic mass is 35.5. The molecule has 0 aliphatic carbocycles. The third-order valence-corrected chi connectivity index (χ3v) is 4.32. The third kappa shape index (κ3) is 4.36. The molecule has 3 amide bonds. The Kier molecular flexibility index (Phi) is 5.16. The van der Waals surface area contributed by atoms with Crippen molar-refractivity contribution in [3.05, 3.63) is 23.2 Å². The first kappa shape index (κ1) is 17.6. The van der Waals surface area contributed by atoms with E-state index in [-0.39, 0.29) is 5.91 Å². The van der Waals surface area contributed by atoms with Crippen molar-refractivity contribution in [2.24, 2.45) is 0 Å². The molecule has 0 aromatic heterocycles.